The fourth-order valence-electron chi connectivity index (χ4n) is 3.00. The van der Waals surface area contributed by atoms with E-state index < -0.39 is 11.9 Å². The maximum Gasteiger partial charge on any atom is 0.338 e. The molecular weight excluding hydrogens is 460 g/mol. The summed E-state index contributed by atoms with van der Waals surface area (Å²) in [7, 11) is 2.90. The number of amides is 1. The van der Waals surface area contributed by atoms with Crippen molar-refractivity contribution in [1.29, 1.82) is 5.26 Å². The third-order valence-electron chi connectivity index (χ3n) is 4.69. The van der Waals surface area contributed by atoms with Crippen LogP contribution >= 0.6 is 11.6 Å². The molecule has 0 aromatic heterocycles. The van der Waals surface area contributed by atoms with E-state index in [4.69, 9.17) is 35.8 Å². The molecular formula is C25H21ClN2O6. The summed E-state index contributed by atoms with van der Waals surface area (Å²) < 4.78 is 21.4. The molecule has 0 aliphatic carbocycles. The minimum absolute atomic E-state index is 0.0454. The van der Waals surface area contributed by atoms with E-state index in [1.165, 1.54) is 32.4 Å². The molecule has 3 aromatic rings. The Hall–Kier alpha value is -4.22. The summed E-state index contributed by atoms with van der Waals surface area (Å²) in [5.41, 5.74) is 1.68. The molecule has 3 aromatic carbocycles. The van der Waals surface area contributed by atoms with Crippen LogP contribution in [0.1, 0.15) is 21.5 Å². The van der Waals surface area contributed by atoms with Crippen LogP contribution in [0.3, 0.4) is 0 Å². The number of rotatable bonds is 9. The van der Waals surface area contributed by atoms with Crippen molar-refractivity contribution in [3.8, 4) is 23.3 Å². The number of halogens is 1. The molecule has 0 unspecified atom stereocenters. The quantitative estimate of drug-likeness (QED) is 0.446. The van der Waals surface area contributed by atoms with Gasteiger partial charge in [0.25, 0.3) is 5.91 Å². The summed E-state index contributed by atoms with van der Waals surface area (Å²) in [5, 5.41) is 12.3. The first-order valence-corrected chi connectivity index (χ1v) is 10.4. The first-order valence-electron chi connectivity index (χ1n) is 10.0. The van der Waals surface area contributed by atoms with Crippen molar-refractivity contribution in [2.75, 3.05) is 26.1 Å². The van der Waals surface area contributed by atoms with Crippen LogP contribution in [-0.2, 0) is 16.1 Å². The average Bonchev–Trinajstić information content (AvgIpc) is 2.86. The second kappa shape index (κ2) is 11.6. The lowest BCUT2D eigenvalue weighted by molar-refractivity contribution is -0.118. The summed E-state index contributed by atoms with van der Waals surface area (Å²) in [6, 6.07) is 18.2. The summed E-state index contributed by atoms with van der Waals surface area (Å²) in [6.07, 6.45) is 0. The minimum Gasteiger partial charge on any atom is -0.495 e. The van der Waals surface area contributed by atoms with Crippen molar-refractivity contribution in [2.24, 2.45) is 0 Å². The molecule has 1 amide bonds. The number of nitrogens with zero attached hydrogens (tertiary/aromatic N) is 1. The Kier molecular flexibility index (Phi) is 8.32. The largest absolute Gasteiger partial charge is 0.495 e. The molecule has 1 N–H and O–H groups in total. The lowest BCUT2D eigenvalue weighted by Gasteiger charge is -2.13. The highest BCUT2D eigenvalue weighted by molar-refractivity contribution is 6.31. The number of benzene rings is 3. The highest BCUT2D eigenvalue weighted by Crippen LogP contribution is 2.30. The van der Waals surface area contributed by atoms with Crippen molar-refractivity contribution in [1.82, 2.24) is 0 Å². The van der Waals surface area contributed by atoms with Crippen molar-refractivity contribution >= 4 is 29.2 Å². The predicted molar refractivity (Wildman–Crippen MR) is 125 cm³/mol. The number of nitriles is 1. The van der Waals surface area contributed by atoms with Crippen LogP contribution in [0.2, 0.25) is 5.02 Å². The molecule has 0 saturated carbocycles. The van der Waals surface area contributed by atoms with E-state index in [1.807, 2.05) is 0 Å². The summed E-state index contributed by atoms with van der Waals surface area (Å²) in [5.74, 6) is -0.0664. The number of methoxy groups -OCH3 is 2. The molecule has 0 bridgehead atoms. The van der Waals surface area contributed by atoms with Gasteiger partial charge in [-0.1, -0.05) is 29.8 Å². The van der Waals surface area contributed by atoms with E-state index in [0.717, 1.165) is 0 Å². The fraction of sp³-hybridized carbons (Fsp3) is 0.160. The van der Waals surface area contributed by atoms with Crippen LogP contribution in [0.5, 0.6) is 17.2 Å². The van der Waals surface area contributed by atoms with E-state index in [-0.39, 0.29) is 30.3 Å². The molecule has 0 spiro atoms. The highest BCUT2D eigenvalue weighted by Gasteiger charge is 2.15. The molecule has 0 aliphatic rings. The molecule has 0 saturated heterocycles. The molecule has 9 heteroatoms. The SMILES string of the molecule is COc1ccc(Cl)cc1NC(=O)COc1ccc(C(=O)OCc2ccccc2C#N)cc1OC. The Balaban J connectivity index is 1.62. The van der Waals surface area contributed by atoms with Gasteiger partial charge in [0.15, 0.2) is 18.1 Å². The Morgan fingerprint density at radius 3 is 2.44 bits per heavy atom. The van der Waals surface area contributed by atoms with Crippen LogP contribution in [-0.4, -0.2) is 32.7 Å². The smallest absolute Gasteiger partial charge is 0.338 e. The van der Waals surface area contributed by atoms with Gasteiger partial charge in [-0.2, -0.15) is 5.26 Å². The molecule has 8 nitrogen and oxygen atoms in total. The topological polar surface area (TPSA) is 107 Å². The van der Waals surface area contributed by atoms with E-state index in [9.17, 15) is 9.59 Å². The Morgan fingerprint density at radius 1 is 0.971 bits per heavy atom. The van der Waals surface area contributed by atoms with Gasteiger partial charge in [-0.05, 0) is 42.5 Å². The summed E-state index contributed by atoms with van der Waals surface area (Å²) in [4.78, 5) is 24.8. The van der Waals surface area contributed by atoms with Crippen molar-refractivity contribution in [3.63, 3.8) is 0 Å². The van der Waals surface area contributed by atoms with Gasteiger partial charge >= 0.3 is 5.97 Å². The first-order chi connectivity index (χ1) is 16.4. The van der Waals surface area contributed by atoms with Crippen molar-refractivity contribution < 1.29 is 28.5 Å². The monoisotopic (exact) mass is 480 g/mol. The van der Waals surface area contributed by atoms with Crippen LogP contribution in [0.25, 0.3) is 0 Å². The zero-order valence-electron chi connectivity index (χ0n) is 18.5. The van der Waals surface area contributed by atoms with Crippen LogP contribution < -0.4 is 19.5 Å². The molecule has 0 fully saturated rings. The molecule has 3 rings (SSSR count). The van der Waals surface area contributed by atoms with Crippen LogP contribution in [0.15, 0.2) is 60.7 Å². The zero-order chi connectivity index (χ0) is 24.5. The molecule has 0 atom stereocenters. The number of anilines is 1. The number of nitrogens with one attached hydrogen (secondary N) is 1. The third-order valence-corrected chi connectivity index (χ3v) is 4.93. The van der Waals surface area contributed by atoms with Gasteiger partial charge < -0.3 is 24.3 Å². The van der Waals surface area contributed by atoms with Gasteiger partial charge in [-0.15, -0.1) is 0 Å². The van der Waals surface area contributed by atoms with E-state index >= 15 is 0 Å². The highest BCUT2D eigenvalue weighted by atomic mass is 35.5. The maximum atomic E-state index is 12.5. The Bertz CT molecular complexity index is 1240. The molecule has 0 radical (unpaired) electrons. The van der Waals surface area contributed by atoms with Gasteiger partial charge in [-0.25, -0.2) is 4.79 Å². The zero-order valence-corrected chi connectivity index (χ0v) is 19.2. The number of hydrogen-bond donors (Lipinski definition) is 1. The number of hydrogen-bond acceptors (Lipinski definition) is 7. The molecule has 174 valence electrons. The number of carbonyl (C=O) groups excluding carboxylic acids is 2. The molecule has 0 aliphatic heterocycles. The normalized spacial score (nSPS) is 10.1. The Morgan fingerprint density at radius 2 is 1.71 bits per heavy atom. The summed E-state index contributed by atoms with van der Waals surface area (Å²) in [6.45, 7) is -0.364. The van der Waals surface area contributed by atoms with Crippen LogP contribution in [0, 0.1) is 11.3 Å². The fourth-order valence-corrected chi connectivity index (χ4v) is 3.18. The van der Waals surface area contributed by atoms with E-state index in [1.54, 1.807) is 42.5 Å². The molecule has 34 heavy (non-hydrogen) atoms. The van der Waals surface area contributed by atoms with Crippen molar-refractivity contribution in [2.45, 2.75) is 6.61 Å². The second-order valence-corrected chi connectivity index (χ2v) is 7.33. The van der Waals surface area contributed by atoms with E-state index in [2.05, 4.69) is 11.4 Å². The van der Waals surface area contributed by atoms with Crippen molar-refractivity contribution in [3.05, 3.63) is 82.4 Å². The molecule has 0 heterocycles. The van der Waals surface area contributed by atoms with Gasteiger partial charge in [0.05, 0.1) is 37.1 Å². The van der Waals surface area contributed by atoms with E-state index in [0.29, 0.717) is 27.6 Å². The lowest BCUT2D eigenvalue weighted by atomic mass is 10.1. The van der Waals surface area contributed by atoms with Gasteiger partial charge in [0, 0.05) is 10.6 Å². The minimum atomic E-state index is -0.594. The lowest BCUT2D eigenvalue weighted by Crippen LogP contribution is -2.20. The first kappa shape index (κ1) is 24.4. The number of esters is 1. The number of ether oxygens (including phenoxy) is 4. The van der Waals surface area contributed by atoms with Gasteiger partial charge in [0.1, 0.15) is 12.4 Å². The standard InChI is InChI=1S/C25H21ClN2O6/c1-31-21-10-8-19(26)12-20(21)28-24(29)15-33-22-9-7-16(11-23(22)32-2)25(30)34-14-18-6-4-3-5-17(18)13-27/h3-12H,14-15H2,1-2H3,(H,28,29). The Labute approximate surface area is 201 Å². The third kappa shape index (κ3) is 6.18. The second-order valence-electron chi connectivity index (χ2n) is 6.89. The predicted octanol–water partition coefficient (Wildman–Crippen LogP) is 4.60. The maximum absolute atomic E-state index is 12.5. The van der Waals surface area contributed by atoms with Crippen LogP contribution in [0.4, 0.5) is 5.69 Å². The summed E-state index contributed by atoms with van der Waals surface area (Å²) >= 11 is 5.98. The van der Waals surface area contributed by atoms with Gasteiger partial charge in [0.2, 0.25) is 0 Å². The average molecular weight is 481 g/mol. The number of carbonyl (C=O) groups is 2. The van der Waals surface area contributed by atoms with Gasteiger partial charge in [-0.3, -0.25) is 4.79 Å².